The molecule has 1 aliphatic carbocycles. The van der Waals surface area contributed by atoms with E-state index in [1.165, 1.54) is 23.9 Å². The molecule has 25 heavy (non-hydrogen) atoms. The first-order valence-corrected chi connectivity index (χ1v) is 9.17. The van der Waals surface area contributed by atoms with Gasteiger partial charge in [0.2, 0.25) is 11.8 Å². The molecule has 2 amide bonds. The van der Waals surface area contributed by atoms with Crippen molar-refractivity contribution in [2.75, 3.05) is 17.2 Å². The van der Waals surface area contributed by atoms with Gasteiger partial charge >= 0.3 is 0 Å². The van der Waals surface area contributed by atoms with Crippen LogP contribution in [0, 0.1) is 5.82 Å². The zero-order chi connectivity index (χ0) is 17.4. The highest BCUT2D eigenvalue weighted by Crippen LogP contribution is 2.41. The average molecular weight is 356 g/mol. The highest BCUT2D eigenvalue weighted by atomic mass is 32.2. The number of carbonyl (C=O) groups excluding carboxylic acids is 2. The third-order valence-corrected chi connectivity index (χ3v) is 5.59. The maximum Gasteiger partial charge on any atom is 0.240 e. The Hall–Kier alpha value is -2.34. The zero-order valence-corrected chi connectivity index (χ0v) is 14.3. The van der Waals surface area contributed by atoms with Gasteiger partial charge in [-0.25, -0.2) is 4.39 Å². The van der Waals surface area contributed by atoms with Gasteiger partial charge in [0.25, 0.3) is 0 Å². The molecule has 0 radical (unpaired) electrons. The summed E-state index contributed by atoms with van der Waals surface area (Å²) in [6, 6.07) is 14.1. The lowest BCUT2D eigenvalue weighted by atomic mass is 10.1. The average Bonchev–Trinajstić information content (AvgIpc) is 3.37. The van der Waals surface area contributed by atoms with Crippen molar-refractivity contribution in [1.82, 2.24) is 5.32 Å². The molecule has 2 aliphatic rings. The number of amides is 2. The third kappa shape index (κ3) is 3.39. The monoisotopic (exact) mass is 356 g/mol. The lowest BCUT2D eigenvalue weighted by molar-refractivity contribution is -0.123. The van der Waals surface area contributed by atoms with Crippen molar-refractivity contribution < 1.29 is 14.0 Å². The van der Waals surface area contributed by atoms with E-state index in [0.29, 0.717) is 5.75 Å². The molecule has 0 spiro atoms. The summed E-state index contributed by atoms with van der Waals surface area (Å²) in [5.74, 6) is 0.107. The van der Waals surface area contributed by atoms with Crippen molar-refractivity contribution >= 4 is 29.3 Å². The Morgan fingerprint density at radius 2 is 1.96 bits per heavy atom. The first-order chi connectivity index (χ1) is 12.1. The van der Waals surface area contributed by atoms with Crippen LogP contribution in [0.4, 0.5) is 10.1 Å². The molecule has 1 fully saturated rings. The van der Waals surface area contributed by atoms with Crippen molar-refractivity contribution in [3.63, 3.8) is 0 Å². The Kier molecular flexibility index (Phi) is 4.21. The molecular formula is C19H17FN2O2S. The van der Waals surface area contributed by atoms with E-state index >= 15 is 0 Å². The number of halogens is 1. The van der Waals surface area contributed by atoms with Crippen LogP contribution in [0.15, 0.2) is 53.4 Å². The Bertz CT molecular complexity index is 824. The van der Waals surface area contributed by atoms with Gasteiger partial charge in [-0.2, -0.15) is 0 Å². The van der Waals surface area contributed by atoms with E-state index in [-0.39, 0.29) is 36.1 Å². The number of hydrogen-bond donors (Lipinski definition) is 1. The van der Waals surface area contributed by atoms with Crippen molar-refractivity contribution in [3.8, 4) is 0 Å². The molecule has 2 unspecified atom stereocenters. The van der Waals surface area contributed by atoms with Gasteiger partial charge in [-0.1, -0.05) is 24.3 Å². The lowest BCUT2D eigenvalue weighted by Gasteiger charge is -2.28. The summed E-state index contributed by atoms with van der Waals surface area (Å²) < 4.78 is 13.0. The minimum Gasteiger partial charge on any atom is -0.351 e. The van der Waals surface area contributed by atoms with Crippen LogP contribution in [0.1, 0.15) is 17.9 Å². The fourth-order valence-corrected chi connectivity index (χ4v) is 4.09. The van der Waals surface area contributed by atoms with Crippen LogP contribution >= 0.6 is 11.8 Å². The first-order valence-electron chi connectivity index (χ1n) is 8.19. The quantitative estimate of drug-likeness (QED) is 0.916. The van der Waals surface area contributed by atoms with E-state index in [1.54, 1.807) is 17.0 Å². The summed E-state index contributed by atoms with van der Waals surface area (Å²) in [6.07, 6.45) is 0.845. The minimum atomic E-state index is -0.259. The Labute approximate surface area is 149 Å². The molecule has 4 nitrogen and oxygen atoms in total. The minimum absolute atomic E-state index is 0.0308. The van der Waals surface area contributed by atoms with Gasteiger partial charge in [-0.3, -0.25) is 9.59 Å². The van der Waals surface area contributed by atoms with Crippen molar-refractivity contribution in [1.29, 1.82) is 0 Å². The summed E-state index contributed by atoms with van der Waals surface area (Å²) in [6.45, 7) is 0.0308. The summed E-state index contributed by atoms with van der Waals surface area (Å²) in [7, 11) is 0. The summed E-state index contributed by atoms with van der Waals surface area (Å²) in [4.78, 5) is 27.1. The van der Waals surface area contributed by atoms with Gasteiger partial charge in [0.05, 0.1) is 11.4 Å². The number of rotatable bonds is 4. The number of nitrogens with one attached hydrogen (secondary N) is 1. The molecule has 6 heteroatoms. The fourth-order valence-electron chi connectivity index (χ4n) is 3.16. The van der Waals surface area contributed by atoms with Crippen molar-refractivity contribution in [2.24, 2.45) is 0 Å². The number of anilines is 1. The predicted molar refractivity (Wildman–Crippen MR) is 95.2 cm³/mol. The molecule has 2 atom stereocenters. The van der Waals surface area contributed by atoms with Gasteiger partial charge in [0, 0.05) is 16.9 Å². The normalized spacial score (nSPS) is 21.6. The smallest absolute Gasteiger partial charge is 0.240 e. The SMILES string of the molecule is O=C(CN1C(=O)CSc2ccccc21)NC1CC1c1ccc(F)cc1. The third-order valence-electron chi connectivity index (χ3n) is 4.54. The number of hydrogen-bond acceptors (Lipinski definition) is 3. The Morgan fingerprint density at radius 3 is 2.76 bits per heavy atom. The van der Waals surface area contributed by atoms with E-state index in [0.717, 1.165) is 22.6 Å². The summed E-state index contributed by atoms with van der Waals surface area (Å²) in [5.41, 5.74) is 1.83. The molecule has 1 heterocycles. The number of para-hydroxylation sites is 1. The molecule has 2 aromatic rings. The summed E-state index contributed by atoms with van der Waals surface area (Å²) in [5, 5.41) is 2.98. The molecule has 1 N–H and O–H groups in total. The number of benzene rings is 2. The molecule has 1 aliphatic heterocycles. The highest BCUT2D eigenvalue weighted by molar-refractivity contribution is 8.00. The maximum atomic E-state index is 13.0. The second-order valence-electron chi connectivity index (χ2n) is 6.30. The van der Waals surface area contributed by atoms with Crippen molar-refractivity contribution in [3.05, 3.63) is 59.9 Å². The molecule has 0 aromatic heterocycles. The Balaban J connectivity index is 1.39. The molecule has 4 rings (SSSR count). The molecule has 1 saturated carbocycles. The lowest BCUT2D eigenvalue weighted by Crippen LogP contribution is -2.44. The molecular weight excluding hydrogens is 339 g/mol. The second-order valence-corrected chi connectivity index (χ2v) is 7.32. The van der Waals surface area contributed by atoms with Gasteiger partial charge in [0.1, 0.15) is 12.4 Å². The van der Waals surface area contributed by atoms with Crippen LogP contribution in [0.25, 0.3) is 0 Å². The second kappa shape index (κ2) is 6.52. The zero-order valence-electron chi connectivity index (χ0n) is 13.4. The Morgan fingerprint density at radius 1 is 1.20 bits per heavy atom. The molecule has 0 bridgehead atoms. The van der Waals surface area contributed by atoms with Crippen LogP contribution in [-0.4, -0.2) is 30.2 Å². The predicted octanol–water partition coefficient (Wildman–Crippen LogP) is 2.94. The van der Waals surface area contributed by atoms with Gasteiger partial charge in [-0.05, 0) is 36.2 Å². The van der Waals surface area contributed by atoms with Crippen molar-refractivity contribution in [2.45, 2.75) is 23.3 Å². The highest BCUT2D eigenvalue weighted by Gasteiger charge is 2.40. The fraction of sp³-hybridized carbons (Fsp3) is 0.263. The topological polar surface area (TPSA) is 49.4 Å². The molecule has 2 aromatic carbocycles. The first kappa shape index (κ1) is 16.1. The molecule has 128 valence electrons. The van der Waals surface area contributed by atoms with Gasteiger partial charge < -0.3 is 10.2 Å². The summed E-state index contributed by atoms with van der Waals surface area (Å²) >= 11 is 1.50. The van der Waals surface area contributed by atoms with E-state index in [4.69, 9.17) is 0 Å². The largest absolute Gasteiger partial charge is 0.351 e. The van der Waals surface area contributed by atoms with Crippen LogP contribution in [0.5, 0.6) is 0 Å². The van der Waals surface area contributed by atoms with E-state index in [2.05, 4.69) is 5.32 Å². The maximum absolute atomic E-state index is 13.0. The van der Waals surface area contributed by atoms with Crippen LogP contribution in [0.3, 0.4) is 0 Å². The number of carbonyl (C=O) groups is 2. The van der Waals surface area contributed by atoms with E-state index < -0.39 is 0 Å². The van der Waals surface area contributed by atoms with Gasteiger partial charge in [-0.15, -0.1) is 11.8 Å². The molecule has 0 saturated heterocycles. The van der Waals surface area contributed by atoms with E-state index in [9.17, 15) is 14.0 Å². The van der Waals surface area contributed by atoms with Crippen LogP contribution in [-0.2, 0) is 9.59 Å². The van der Waals surface area contributed by atoms with E-state index in [1.807, 2.05) is 24.3 Å². The van der Waals surface area contributed by atoms with Gasteiger partial charge in [0.15, 0.2) is 0 Å². The number of thioether (sulfide) groups is 1. The standard InChI is InChI=1S/C19H17FN2O2S/c20-13-7-5-12(6-8-13)14-9-15(14)21-18(23)10-22-16-3-1-2-4-17(16)25-11-19(22)24/h1-8,14-15H,9-11H2,(H,21,23). The number of fused-ring (bicyclic) bond motifs is 1. The van der Waals surface area contributed by atoms with Crippen LogP contribution in [0.2, 0.25) is 0 Å². The van der Waals surface area contributed by atoms with Crippen LogP contribution < -0.4 is 10.2 Å². The number of nitrogens with zero attached hydrogens (tertiary/aromatic N) is 1.